The zero-order chi connectivity index (χ0) is 25.1. The summed E-state index contributed by atoms with van der Waals surface area (Å²) in [5.41, 5.74) is 2.35. The molecule has 0 unspecified atom stereocenters. The van der Waals surface area contributed by atoms with Gasteiger partial charge in [-0.15, -0.1) is 10.2 Å². The van der Waals surface area contributed by atoms with Crippen LogP contribution in [0.5, 0.6) is 0 Å². The van der Waals surface area contributed by atoms with Crippen LogP contribution in [0, 0.1) is 6.92 Å². The van der Waals surface area contributed by atoms with Gasteiger partial charge in [0.05, 0.1) is 31.2 Å². The van der Waals surface area contributed by atoms with Gasteiger partial charge in [0.15, 0.2) is 11.0 Å². The van der Waals surface area contributed by atoms with E-state index in [1.807, 2.05) is 72.2 Å². The molecule has 2 heterocycles. The Kier molecular flexibility index (Phi) is 7.23. The summed E-state index contributed by atoms with van der Waals surface area (Å²) in [4.78, 5) is 27.2. The lowest BCUT2D eigenvalue weighted by Gasteiger charge is -2.18. The van der Waals surface area contributed by atoms with Crippen LogP contribution in [0.1, 0.15) is 24.5 Å². The van der Waals surface area contributed by atoms with Crippen molar-refractivity contribution in [1.29, 1.82) is 0 Å². The van der Waals surface area contributed by atoms with Crippen LogP contribution in [0.15, 0.2) is 70.6 Å². The lowest BCUT2D eigenvalue weighted by atomic mass is 10.2. The Bertz CT molecular complexity index is 1370. The quantitative estimate of drug-likeness (QED) is 0.367. The Morgan fingerprint density at radius 1 is 1.03 bits per heavy atom. The third-order valence-corrected chi connectivity index (χ3v) is 7.01. The SMILES string of the molecule is Cc1c(NC(=O)CSc2nnc([C@@H](C)[NH+](C)C)n2-c2ccccc2)c(=O)n(-c2ccccc2)n1C. The molecule has 0 radical (unpaired) electrons. The monoisotopic (exact) mass is 492 g/mol. The summed E-state index contributed by atoms with van der Waals surface area (Å²) in [5, 5.41) is 12.3. The Labute approximate surface area is 208 Å². The molecule has 0 spiro atoms. The van der Waals surface area contributed by atoms with E-state index < -0.39 is 0 Å². The molecule has 0 saturated heterocycles. The van der Waals surface area contributed by atoms with Crippen molar-refractivity contribution in [3.05, 3.63) is 82.5 Å². The van der Waals surface area contributed by atoms with Gasteiger partial charge in [0.25, 0.3) is 5.56 Å². The summed E-state index contributed by atoms with van der Waals surface area (Å²) < 4.78 is 5.27. The second-order valence-electron chi connectivity index (χ2n) is 8.58. The number of carbonyl (C=O) groups excluding carboxylic acids is 1. The largest absolute Gasteiger partial charge is 0.331 e. The smallest absolute Gasteiger partial charge is 0.295 e. The van der Waals surface area contributed by atoms with Crippen LogP contribution in [0.4, 0.5) is 5.69 Å². The number of thioether (sulfide) groups is 1. The summed E-state index contributed by atoms with van der Waals surface area (Å²) in [7, 11) is 5.94. The minimum Gasteiger partial charge on any atom is -0.331 e. The number of rotatable bonds is 8. The number of amides is 1. The molecule has 0 aliphatic carbocycles. The van der Waals surface area contributed by atoms with Gasteiger partial charge >= 0.3 is 0 Å². The lowest BCUT2D eigenvalue weighted by molar-refractivity contribution is -0.890. The Morgan fingerprint density at radius 2 is 1.63 bits per heavy atom. The highest BCUT2D eigenvalue weighted by atomic mass is 32.2. The predicted molar refractivity (Wildman–Crippen MR) is 138 cm³/mol. The second-order valence-corrected chi connectivity index (χ2v) is 9.53. The summed E-state index contributed by atoms with van der Waals surface area (Å²) in [5.74, 6) is 0.632. The third-order valence-electron chi connectivity index (χ3n) is 6.08. The highest BCUT2D eigenvalue weighted by molar-refractivity contribution is 7.99. The number of benzene rings is 2. The van der Waals surface area contributed by atoms with Crippen molar-refractivity contribution in [2.75, 3.05) is 25.2 Å². The lowest BCUT2D eigenvalue weighted by Crippen LogP contribution is -3.05. The van der Waals surface area contributed by atoms with Gasteiger partial charge in [-0.25, -0.2) is 4.68 Å². The molecule has 0 fully saturated rings. The van der Waals surface area contributed by atoms with Gasteiger partial charge < -0.3 is 10.2 Å². The first-order valence-corrected chi connectivity index (χ1v) is 12.4. The number of quaternary nitrogens is 1. The average Bonchev–Trinajstić information content (AvgIpc) is 3.38. The molecule has 0 aliphatic rings. The Hall–Kier alpha value is -3.63. The molecule has 2 N–H and O–H groups in total. The molecule has 9 nitrogen and oxygen atoms in total. The van der Waals surface area contributed by atoms with E-state index in [9.17, 15) is 9.59 Å². The van der Waals surface area contributed by atoms with E-state index in [4.69, 9.17) is 0 Å². The molecule has 2 aromatic carbocycles. The Balaban J connectivity index is 1.56. The van der Waals surface area contributed by atoms with Gasteiger partial charge in [0, 0.05) is 12.7 Å². The van der Waals surface area contributed by atoms with Crippen molar-refractivity contribution < 1.29 is 9.69 Å². The molecule has 4 rings (SSSR count). The van der Waals surface area contributed by atoms with E-state index in [-0.39, 0.29) is 28.9 Å². The maximum atomic E-state index is 13.1. The van der Waals surface area contributed by atoms with E-state index in [2.05, 4.69) is 36.5 Å². The number of nitrogens with zero attached hydrogens (tertiary/aromatic N) is 5. The number of carbonyl (C=O) groups is 1. The van der Waals surface area contributed by atoms with Gasteiger partial charge in [-0.1, -0.05) is 48.2 Å². The summed E-state index contributed by atoms with van der Waals surface area (Å²) in [6.07, 6.45) is 0. The van der Waals surface area contributed by atoms with Crippen LogP contribution in [0.25, 0.3) is 11.4 Å². The molecular weight excluding hydrogens is 462 g/mol. The fraction of sp³-hybridized carbons (Fsp3) is 0.280. The van der Waals surface area contributed by atoms with Crippen LogP contribution in [-0.2, 0) is 11.8 Å². The number of aromatic nitrogens is 5. The minimum atomic E-state index is -0.281. The number of hydrogen-bond acceptors (Lipinski definition) is 5. The summed E-state index contributed by atoms with van der Waals surface area (Å²) in [6.45, 7) is 3.91. The highest BCUT2D eigenvalue weighted by Crippen LogP contribution is 2.24. The second kappa shape index (κ2) is 10.3. The number of anilines is 1. The van der Waals surface area contributed by atoms with Crippen molar-refractivity contribution in [2.45, 2.75) is 25.0 Å². The zero-order valence-electron chi connectivity index (χ0n) is 20.5. The fourth-order valence-corrected chi connectivity index (χ4v) is 4.51. The fourth-order valence-electron chi connectivity index (χ4n) is 3.75. The molecule has 182 valence electrons. The van der Waals surface area contributed by atoms with E-state index >= 15 is 0 Å². The van der Waals surface area contributed by atoms with Gasteiger partial charge in [-0.05, 0) is 38.1 Å². The van der Waals surface area contributed by atoms with Crippen molar-refractivity contribution in [3.8, 4) is 11.4 Å². The number of nitrogens with one attached hydrogen (secondary N) is 2. The molecule has 4 aromatic rings. The first-order valence-electron chi connectivity index (χ1n) is 11.4. The highest BCUT2D eigenvalue weighted by Gasteiger charge is 2.24. The van der Waals surface area contributed by atoms with Gasteiger partial charge in [0.1, 0.15) is 11.7 Å². The van der Waals surface area contributed by atoms with Crippen molar-refractivity contribution in [1.82, 2.24) is 24.1 Å². The van der Waals surface area contributed by atoms with E-state index in [1.165, 1.54) is 16.7 Å². The third kappa shape index (κ3) is 4.94. The molecule has 35 heavy (non-hydrogen) atoms. The van der Waals surface area contributed by atoms with Crippen molar-refractivity contribution in [3.63, 3.8) is 0 Å². The van der Waals surface area contributed by atoms with Crippen LogP contribution >= 0.6 is 11.8 Å². The molecule has 0 bridgehead atoms. The molecule has 10 heteroatoms. The predicted octanol–water partition coefficient (Wildman–Crippen LogP) is 2.00. The van der Waals surface area contributed by atoms with Gasteiger partial charge in [-0.3, -0.25) is 18.8 Å². The maximum absolute atomic E-state index is 13.1. The van der Waals surface area contributed by atoms with Crippen molar-refractivity contribution in [2.24, 2.45) is 7.05 Å². The van der Waals surface area contributed by atoms with Crippen LogP contribution in [0.2, 0.25) is 0 Å². The maximum Gasteiger partial charge on any atom is 0.295 e. The van der Waals surface area contributed by atoms with Gasteiger partial charge in [0.2, 0.25) is 5.91 Å². The number of hydrogen-bond donors (Lipinski definition) is 2. The molecule has 1 atom stereocenters. The molecule has 0 aliphatic heterocycles. The van der Waals surface area contributed by atoms with Gasteiger partial charge in [-0.2, -0.15) is 0 Å². The average molecular weight is 493 g/mol. The summed E-state index contributed by atoms with van der Waals surface area (Å²) in [6, 6.07) is 19.3. The van der Waals surface area contributed by atoms with E-state index in [0.29, 0.717) is 10.9 Å². The van der Waals surface area contributed by atoms with E-state index in [1.54, 1.807) is 16.4 Å². The minimum absolute atomic E-state index is 0.0906. The van der Waals surface area contributed by atoms with Crippen LogP contribution < -0.4 is 15.8 Å². The summed E-state index contributed by atoms with van der Waals surface area (Å²) >= 11 is 1.29. The van der Waals surface area contributed by atoms with Crippen LogP contribution in [0.3, 0.4) is 0 Å². The first kappa shape index (κ1) is 24.5. The molecular formula is C25H30N7O2S+. The number of para-hydroxylation sites is 2. The normalized spacial score (nSPS) is 12.2. The molecule has 2 aromatic heterocycles. The first-order chi connectivity index (χ1) is 16.8. The van der Waals surface area contributed by atoms with Crippen molar-refractivity contribution >= 4 is 23.4 Å². The van der Waals surface area contributed by atoms with Crippen LogP contribution in [-0.4, -0.2) is 49.9 Å². The Morgan fingerprint density at radius 3 is 2.23 bits per heavy atom. The zero-order valence-corrected chi connectivity index (χ0v) is 21.3. The topological polar surface area (TPSA) is 91.2 Å². The molecule has 0 saturated carbocycles. The standard InChI is InChI=1S/C25H29N7O2S/c1-17-22(24(34)32(30(17)5)20-14-10-7-11-15-20)26-21(33)16-35-25-28-27-23(18(2)29(3)4)31(25)19-12-8-6-9-13-19/h6-15,18H,16H2,1-5H3,(H,26,33)/p+1/t18-/m1/s1. The molecule has 1 amide bonds. The van der Waals surface area contributed by atoms with E-state index in [0.717, 1.165) is 17.2 Å².